The van der Waals surface area contributed by atoms with Gasteiger partial charge in [0.2, 0.25) is 0 Å². The van der Waals surface area contributed by atoms with Crippen molar-refractivity contribution in [3.05, 3.63) is 29.8 Å². The van der Waals surface area contributed by atoms with Crippen LogP contribution in [-0.4, -0.2) is 17.6 Å². The number of rotatable bonds is 4. The van der Waals surface area contributed by atoms with E-state index in [4.69, 9.17) is 10.4 Å². The zero-order valence-corrected chi connectivity index (χ0v) is 9.32. The number of anilines is 1. The van der Waals surface area contributed by atoms with Gasteiger partial charge in [-0.15, -0.1) is 0 Å². The molecular weight excluding hydrogens is 204 g/mol. The first-order valence-corrected chi connectivity index (χ1v) is 4.94. The average molecular weight is 218 g/mol. The first kappa shape index (κ1) is 12.1. The number of nitrogens with zero attached hydrogens (tertiary/aromatic N) is 1. The van der Waals surface area contributed by atoms with Gasteiger partial charge in [-0.25, -0.2) is 0 Å². The van der Waals surface area contributed by atoms with Gasteiger partial charge in [-0.3, -0.25) is 4.79 Å². The maximum absolute atomic E-state index is 10.9. The number of para-hydroxylation sites is 1. The fraction of sp³-hybridized carbons (Fsp3) is 0.333. The lowest BCUT2D eigenvalue weighted by Crippen LogP contribution is -2.31. The minimum atomic E-state index is -0.866. The van der Waals surface area contributed by atoms with E-state index in [9.17, 15) is 4.79 Å². The van der Waals surface area contributed by atoms with Crippen LogP contribution in [0.3, 0.4) is 0 Å². The molecule has 0 aliphatic heterocycles. The van der Waals surface area contributed by atoms with Crippen LogP contribution in [0, 0.1) is 16.7 Å². The molecule has 0 fully saturated rings. The third kappa shape index (κ3) is 2.74. The number of nitriles is 1. The summed E-state index contributed by atoms with van der Waals surface area (Å²) in [5.41, 5.74) is 0.325. The molecule has 0 aliphatic rings. The van der Waals surface area contributed by atoms with Crippen molar-refractivity contribution in [2.75, 3.05) is 11.9 Å². The van der Waals surface area contributed by atoms with Crippen LogP contribution in [0.15, 0.2) is 24.3 Å². The summed E-state index contributed by atoms with van der Waals surface area (Å²) in [4.78, 5) is 10.9. The second-order valence-electron chi connectivity index (χ2n) is 4.20. The molecule has 0 radical (unpaired) electrons. The van der Waals surface area contributed by atoms with E-state index in [2.05, 4.69) is 11.4 Å². The molecular formula is C12H14N2O2. The van der Waals surface area contributed by atoms with Crippen LogP contribution in [0.2, 0.25) is 0 Å². The van der Waals surface area contributed by atoms with E-state index in [-0.39, 0.29) is 6.54 Å². The quantitative estimate of drug-likeness (QED) is 0.811. The largest absolute Gasteiger partial charge is 0.481 e. The van der Waals surface area contributed by atoms with Crippen LogP contribution in [0.4, 0.5) is 5.69 Å². The van der Waals surface area contributed by atoms with Gasteiger partial charge in [0, 0.05) is 6.54 Å². The van der Waals surface area contributed by atoms with E-state index < -0.39 is 11.4 Å². The Morgan fingerprint density at radius 3 is 2.69 bits per heavy atom. The molecule has 0 spiro atoms. The van der Waals surface area contributed by atoms with Crippen molar-refractivity contribution in [3.63, 3.8) is 0 Å². The van der Waals surface area contributed by atoms with Crippen molar-refractivity contribution in [1.82, 2.24) is 0 Å². The maximum atomic E-state index is 10.9. The Morgan fingerprint density at radius 2 is 2.12 bits per heavy atom. The Morgan fingerprint density at radius 1 is 1.50 bits per heavy atom. The molecule has 4 heteroatoms. The Hall–Kier alpha value is -2.02. The van der Waals surface area contributed by atoms with E-state index in [1.807, 2.05) is 0 Å². The first-order chi connectivity index (χ1) is 7.47. The fourth-order valence-corrected chi connectivity index (χ4v) is 1.13. The molecule has 0 atom stereocenters. The summed E-state index contributed by atoms with van der Waals surface area (Å²) in [5, 5.41) is 20.8. The van der Waals surface area contributed by atoms with E-state index in [1.54, 1.807) is 38.1 Å². The third-order valence-corrected chi connectivity index (χ3v) is 2.35. The van der Waals surface area contributed by atoms with Gasteiger partial charge in [-0.05, 0) is 26.0 Å². The standard InChI is InChI=1S/C12H14N2O2/c1-12(2,11(15)16)8-14-10-6-4-3-5-9(10)7-13/h3-6,14H,8H2,1-2H3,(H,15,16). The van der Waals surface area contributed by atoms with Crippen molar-refractivity contribution in [1.29, 1.82) is 5.26 Å². The molecule has 0 bridgehead atoms. The van der Waals surface area contributed by atoms with Crippen molar-refractivity contribution in [2.24, 2.45) is 5.41 Å². The topological polar surface area (TPSA) is 73.1 Å². The third-order valence-electron chi connectivity index (χ3n) is 2.35. The average Bonchev–Trinajstić information content (AvgIpc) is 2.26. The number of benzene rings is 1. The highest BCUT2D eigenvalue weighted by molar-refractivity contribution is 5.74. The monoisotopic (exact) mass is 218 g/mol. The number of carboxylic acid groups (broad SMARTS) is 1. The summed E-state index contributed by atoms with van der Waals surface area (Å²) in [6.45, 7) is 3.55. The molecule has 1 aromatic carbocycles. The number of aliphatic carboxylic acids is 1. The summed E-state index contributed by atoms with van der Waals surface area (Å²) in [5.74, 6) is -0.866. The molecule has 1 aromatic rings. The van der Waals surface area contributed by atoms with E-state index in [0.717, 1.165) is 0 Å². The van der Waals surface area contributed by atoms with Gasteiger partial charge in [0.1, 0.15) is 6.07 Å². The number of carboxylic acids is 1. The smallest absolute Gasteiger partial charge is 0.310 e. The van der Waals surface area contributed by atoms with Crippen LogP contribution in [0.1, 0.15) is 19.4 Å². The highest BCUT2D eigenvalue weighted by atomic mass is 16.4. The molecule has 0 saturated heterocycles. The Bertz CT molecular complexity index is 433. The van der Waals surface area contributed by atoms with Gasteiger partial charge >= 0.3 is 5.97 Å². The maximum Gasteiger partial charge on any atom is 0.310 e. The van der Waals surface area contributed by atoms with Gasteiger partial charge < -0.3 is 10.4 Å². The molecule has 2 N–H and O–H groups in total. The molecule has 0 heterocycles. The minimum absolute atomic E-state index is 0.279. The van der Waals surface area contributed by atoms with E-state index >= 15 is 0 Å². The lowest BCUT2D eigenvalue weighted by molar-refractivity contribution is -0.146. The first-order valence-electron chi connectivity index (χ1n) is 4.94. The molecule has 0 amide bonds. The van der Waals surface area contributed by atoms with Gasteiger partial charge in [-0.2, -0.15) is 5.26 Å². The molecule has 1 rings (SSSR count). The van der Waals surface area contributed by atoms with Crippen LogP contribution in [-0.2, 0) is 4.79 Å². The Kier molecular flexibility index (Phi) is 3.51. The van der Waals surface area contributed by atoms with Crippen LogP contribution < -0.4 is 5.32 Å². The highest BCUT2D eigenvalue weighted by Crippen LogP contribution is 2.19. The van der Waals surface area contributed by atoms with Crippen molar-refractivity contribution < 1.29 is 9.90 Å². The second-order valence-corrected chi connectivity index (χ2v) is 4.20. The molecule has 0 aliphatic carbocycles. The Balaban J connectivity index is 2.76. The van der Waals surface area contributed by atoms with Gasteiger partial charge in [0.15, 0.2) is 0 Å². The van der Waals surface area contributed by atoms with Crippen molar-refractivity contribution in [3.8, 4) is 6.07 Å². The molecule has 84 valence electrons. The molecule has 0 aromatic heterocycles. The summed E-state index contributed by atoms with van der Waals surface area (Å²) < 4.78 is 0. The second kappa shape index (κ2) is 4.67. The molecule has 0 unspecified atom stereocenters. The van der Waals surface area contributed by atoms with Crippen molar-refractivity contribution >= 4 is 11.7 Å². The minimum Gasteiger partial charge on any atom is -0.481 e. The van der Waals surface area contributed by atoms with Gasteiger partial charge in [-0.1, -0.05) is 12.1 Å². The SMILES string of the molecule is CC(C)(CNc1ccccc1C#N)C(=O)O. The summed E-state index contributed by atoms with van der Waals surface area (Å²) >= 11 is 0. The van der Waals surface area contributed by atoms with Crippen LogP contribution >= 0.6 is 0 Å². The van der Waals surface area contributed by atoms with Gasteiger partial charge in [0.05, 0.1) is 16.7 Å². The van der Waals surface area contributed by atoms with Crippen LogP contribution in [0.5, 0.6) is 0 Å². The van der Waals surface area contributed by atoms with Crippen molar-refractivity contribution in [2.45, 2.75) is 13.8 Å². The molecule has 16 heavy (non-hydrogen) atoms. The number of nitrogens with one attached hydrogen (secondary N) is 1. The summed E-state index contributed by atoms with van der Waals surface area (Å²) in [6, 6.07) is 9.07. The lowest BCUT2D eigenvalue weighted by Gasteiger charge is -2.20. The summed E-state index contributed by atoms with van der Waals surface area (Å²) in [6.07, 6.45) is 0. The van der Waals surface area contributed by atoms with Gasteiger partial charge in [0.25, 0.3) is 0 Å². The highest BCUT2D eigenvalue weighted by Gasteiger charge is 2.26. The zero-order chi connectivity index (χ0) is 12.2. The fourth-order valence-electron chi connectivity index (χ4n) is 1.13. The number of hydrogen-bond donors (Lipinski definition) is 2. The number of hydrogen-bond acceptors (Lipinski definition) is 3. The van der Waals surface area contributed by atoms with E-state index in [1.165, 1.54) is 0 Å². The zero-order valence-electron chi connectivity index (χ0n) is 9.32. The number of carbonyl (C=O) groups is 1. The summed E-state index contributed by atoms with van der Waals surface area (Å²) in [7, 11) is 0. The normalized spacial score (nSPS) is 10.6. The molecule has 0 saturated carbocycles. The van der Waals surface area contributed by atoms with Crippen LogP contribution in [0.25, 0.3) is 0 Å². The predicted molar refractivity (Wildman–Crippen MR) is 61.1 cm³/mol. The lowest BCUT2D eigenvalue weighted by atomic mass is 9.93. The predicted octanol–water partition coefficient (Wildman–Crippen LogP) is 2.08. The molecule has 4 nitrogen and oxygen atoms in total. The Labute approximate surface area is 94.5 Å². The van der Waals surface area contributed by atoms with E-state index in [0.29, 0.717) is 11.3 Å².